The summed E-state index contributed by atoms with van der Waals surface area (Å²) in [6.07, 6.45) is -0.891. The lowest BCUT2D eigenvalue weighted by Crippen LogP contribution is -1.98. The van der Waals surface area contributed by atoms with Crippen molar-refractivity contribution in [2.24, 2.45) is 0 Å². The van der Waals surface area contributed by atoms with Gasteiger partial charge in [0, 0.05) is 4.47 Å². The molecule has 2 aromatic rings. The SMILES string of the molecule is OC(c1cccc(Br)c1)c1csc(C2OCCO2)c1. The molecule has 5 heteroatoms. The van der Waals surface area contributed by atoms with Crippen LogP contribution in [0.25, 0.3) is 0 Å². The zero-order chi connectivity index (χ0) is 13.2. The first-order chi connectivity index (χ1) is 9.24. The van der Waals surface area contributed by atoms with Crippen LogP contribution >= 0.6 is 27.3 Å². The molecule has 3 nitrogen and oxygen atoms in total. The molecule has 0 aliphatic carbocycles. The lowest BCUT2D eigenvalue weighted by atomic mass is 10.0. The summed E-state index contributed by atoms with van der Waals surface area (Å²) in [5.74, 6) is 0. The van der Waals surface area contributed by atoms with Crippen LogP contribution in [-0.2, 0) is 9.47 Å². The summed E-state index contributed by atoms with van der Waals surface area (Å²) in [7, 11) is 0. The molecule has 1 unspecified atom stereocenters. The molecule has 3 rings (SSSR count). The van der Waals surface area contributed by atoms with Crippen LogP contribution in [0.1, 0.15) is 28.4 Å². The Bertz CT molecular complexity index is 563. The highest BCUT2D eigenvalue weighted by molar-refractivity contribution is 9.10. The van der Waals surface area contributed by atoms with E-state index in [4.69, 9.17) is 9.47 Å². The van der Waals surface area contributed by atoms with Gasteiger partial charge in [-0.1, -0.05) is 28.1 Å². The lowest BCUT2D eigenvalue weighted by Gasteiger charge is -2.10. The van der Waals surface area contributed by atoms with Crippen molar-refractivity contribution in [2.75, 3.05) is 13.2 Å². The van der Waals surface area contributed by atoms with Crippen molar-refractivity contribution in [3.05, 3.63) is 56.2 Å². The van der Waals surface area contributed by atoms with Gasteiger partial charge in [0.1, 0.15) is 6.10 Å². The van der Waals surface area contributed by atoms with Gasteiger partial charge < -0.3 is 14.6 Å². The first-order valence-corrected chi connectivity index (χ1v) is 7.66. The maximum atomic E-state index is 10.4. The van der Waals surface area contributed by atoms with Gasteiger partial charge in [0.25, 0.3) is 0 Å². The van der Waals surface area contributed by atoms with Gasteiger partial charge in [0.15, 0.2) is 6.29 Å². The molecule has 1 atom stereocenters. The summed E-state index contributed by atoms with van der Waals surface area (Å²) in [6, 6.07) is 9.64. The second kappa shape index (κ2) is 5.73. The lowest BCUT2D eigenvalue weighted by molar-refractivity contribution is -0.0413. The molecule has 0 bridgehead atoms. The molecule has 1 fully saturated rings. The Morgan fingerprint density at radius 2 is 2.00 bits per heavy atom. The summed E-state index contributed by atoms with van der Waals surface area (Å²) in [6.45, 7) is 1.26. The molecule has 0 saturated carbocycles. The first-order valence-electron chi connectivity index (χ1n) is 5.99. The minimum absolute atomic E-state index is 0.270. The third kappa shape index (κ3) is 2.90. The molecule has 1 aromatic heterocycles. The molecule has 1 saturated heterocycles. The van der Waals surface area contributed by atoms with Crippen molar-refractivity contribution < 1.29 is 14.6 Å². The standard InChI is InChI=1S/C14H13BrO3S/c15-11-3-1-2-9(6-11)13(16)10-7-12(19-8-10)14-17-4-5-18-14/h1-3,6-8,13-14,16H,4-5H2. The van der Waals surface area contributed by atoms with E-state index in [2.05, 4.69) is 15.9 Å². The Labute approximate surface area is 123 Å². The second-order valence-electron chi connectivity index (χ2n) is 4.31. The van der Waals surface area contributed by atoms with Gasteiger partial charge in [0.05, 0.1) is 18.1 Å². The fourth-order valence-electron chi connectivity index (χ4n) is 2.03. The van der Waals surface area contributed by atoms with E-state index in [1.165, 1.54) is 0 Å². The summed E-state index contributed by atoms with van der Waals surface area (Å²) in [4.78, 5) is 1.00. The molecule has 1 aliphatic rings. The van der Waals surface area contributed by atoms with Crippen LogP contribution in [0, 0.1) is 0 Å². The van der Waals surface area contributed by atoms with E-state index in [0.29, 0.717) is 13.2 Å². The van der Waals surface area contributed by atoms with E-state index >= 15 is 0 Å². The number of aliphatic hydroxyl groups excluding tert-OH is 1. The van der Waals surface area contributed by atoms with Crippen LogP contribution in [0.4, 0.5) is 0 Å². The van der Waals surface area contributed by atoms with E-state index in [0.717, 1.165) is 20.5 Å². The van der Waals surface area contributed by atoms with Crippen LogP contribution < -0.4 is 0 Å². The molecule has 100 valence electrons. The molecule has 1 aliphatic heterocycles. The minimum atomic E-state index is -0.621. The number of hydrogen-bond donors (Lipinski definition) is 1. The van der Waals surface area contributed by atoms with Gasteiger partial charge in [-0.15, -0.1) is 11.3 Å². The third-order valence-corrected chi connectivity index (χ3v) is 4.44. The smallest absolute Gasteiger partial charge is 0.193 e. The summed E-state index contributed by atoms with van der Waals surface area (Å²) >= 11 is 4.97. The summed E-state index contributed by atoms with van der Waals surface area (Å²) in [5.41, 5.74) is 1.74. The van der Waals surface area contributed by atoms with Crippen LogP contribution in [-0.4, -0.2) is 18.3 Å². The fraction of sp³-hybridized carbons (Fsp3) is 0.286. The fourth-order valence-corrected chi connectivity index (χ4v) is 3.36. The second-order valence-corrected chi connectivity index (χ2v) is 6.17. The van der Waals surface area contributed by atoms with Crippen LogP contribution in [0.5, 0.6) is 0 Å². The maximum Gasteiger partial charge on any atom is 0.193 e. The van der Waals surface area contributed by atoms with Crippen molar-refractivity contribution >= 4 is 27.3 Å². The monoisotopic (exact) mass is 340 g/mol. The van der Waals surface area contributed by atoms with E-state index in [9.17, 15) is 5.11 Å². The average molecular weight is 341 g/mol. The van der Waals surface area contributed by atoms with Gasteiger partial charge in [-0.2, -0.15) is 0 Å². The van der Waals surface area contributed by atoms with Crippen molar-refractivity contribution in [3.8, 4) is 0 Å². The summed E-state index contributed by atoms with van der Waals surface area (Å²) in [5, 5.41) is 12.3. The number of halogens is 1. The van der Waals surface area contributed by atoms with Crippen molar-refractivity contribution in [1.82, 2.24) is 0 Å². The number of thiophene rings is 1. The zero-order valence-electron chi connectivity index (χ0n) is 10.1. The van der Waals surface area contributed by atoms with Gasteiger partial charge in [0.2, 0.25) is 0 Å². The van der Waals surface area contributed by atoms with Gasteiger partial charge >= 0.3 is 0 Å². The molecule has 0 spiro atoms. The van der Waals surface area contributed by atoms with Crippen molar-refractivity contribution in [1.29, 1.82) is 0 Å². The van der Waals surface area contributed by atoms with E-state index in [1.807, 2.05) is 35.7 Å². The zero-order valence-corrected chi connectivity index (χ0v) is 12.5. The maximum absolute atomic E-state index is 10.4. The van der Waals surface area contributed by atoms with E-state index < -0.39 is 6.10 Å². The highest BCUT2D eigenvalue weighted by atomic mass is 79.9. The molecular weight excluding hydrogens is 328 g/mol. The molecule has 0 amide bonds. The molecule has 19 heavy (non-hydrogen) atoms. The van der Waals surface area contributed by atoms with Crippen molar-refractivity contribution in [2.45, 2.75) is 12.4 Å². The Hall–Kier alpha value is -0.720. The molecule has 1 N–H and O–H groups in total. The number of ether oxygens (including phenoxy) is 2. The third-order valence-electron chi connectivity index (χ3n) is 2.97. The predicted molar refractivity (Wildman–Crippen MR) is 77.2 cm³/mol. The van der Waals surface area contributed by atoms with E-state index in [-0.39, 0.29) is 6.29 Å². The quantitative estimate of drug-likeness (QED) is 0.926. The van der Waals surface area contributed by atoms with Crippen LogP contribution in [0.15, 0.2) is 40.2 Å². The Balaban J connectivity index is 1.82. The minimum Gasteiger partial charge on any atom is -0.384 e. The number of aliphatic hydroxyl groups is 1. The Morgan fingerprint density at radius 1 is 1.21 bits per heavy atom. The summed E-state index contributed by atoms with van der Waals surface area (Å²) < 4.78 is 11.9. The molecular formula is C14H13BrO3S. The van der Waals surface area contributed by atoms with Gasteiger partial charge in [-0.25, -0.2) is 0 Å². The molecule has 0 radical (unpaired) electrons. The average Bonchev–Trinajstić information content (AvgIpc) is 3.08. The highest BCUT2D eigenvalue weighted by Gasteiger charge is 2.22. The highest BCUT2D eigenvalue weighted by Crippen LogP contribution is 2.33. The van der Waals surface area contributed by atoms with Crippen LogP contribution in [0.3, 0.4) is 0 Å². The predicted octanol–water partition coefficient (Wildman–Crippen LogP) is 3.64. The topological polar surface area (TPSA) is 38.7 Å². The van der Waals surface area contributed by atoms with Crippen molar-refractivity contribution in [3.63, 3.8) is 0 Å². The normalized spacial score (nSPS) is 17.8. The van der Waals surface area contributed by atoms with E-state index in [1.54, 1.807) is 11.3 Å². The van der Waals surface area contributed by atoms with Crippen LogP contribution in [0.2, 0.25) is 0 Å². The molecule has 1 aromatic carbocycles. The largest absolute Gasteiger partial charge is 0.384 e. The number of hydrogen-bond acceptors (Lipinski definition) is 4. The van der Waals surface area contributed by atoms with Gasteiger partial charge in [-0.05, 0) is 34.7 Å². The number of benzene rings is 1. The first kappa shape index (κ1) is 13.3. The molecule has 2 heterocycles. The Kier molecular flexibility index (Phi) is 4.00. The van der Waals surface area contributed by atoms with Gasteiger partial charge in [-0.3, -0.25) is 0 Å². The number of rotatable bonds is 3. The Morgan fingerprint density at radius 3 is 2.74 bits per heavy atom.